The fourth-order valence-corrected chi connectivity index (χ4v) is 4.83. The van der Waals surface area contributed by atoms with E-state index in [1.165, 1.54) is 39.9 Å². The van der Waals surface area contributed by atoms with Crippen LogP contribution in [0.15, 0.2) is 28.4 Å². The molecule has 0 spiro atoms. The van der Waals surface area contributed by atoms with E-state index in [-0.39, 0.29) is 18.0 Å². The predicted octanol–water partition coefficient (Wildman–Crippen LogP) is 4.21. The largest absolute Gasteiger partial charge is 0.480 e. The molecular formula is C21H22N2O3S. The van der Waals surface area contributed by atoms with Gasteiger partial charge in [0.1, 0.15) is 17.2 Å². The second-order valence-electron chi connectivity index (χ2n) is 7.43. The molecular weight excluding hydrogens is 360 g/mol. The van der Waals surface area contributed by atoms with Gasteiger partial charge in [-0.15, -0.1) is 11.3 Å². The molecule has 0 aliphatic heterocycles. The molecule has 0 saturated heterocycles. The molecule has 1 N–H and O–H groups in total. The van der Waals surface area contributed by atoms with Crippen molar-refractivity contribution in [3.8, 4) is 11.1 Å². The fraction of sp³-hybridized carbons (Fsp3) is 0.381. The SMILES string of the molecule is CC(C)c1nc2scc(-c3ccc4c(c3)CCCC4)c2c(=O)n1CC(=O)O. The van der Waals surface area contributed by atoms with Crippen molar-refractivity contribution >= 4 is 27.5 Å². The average molecular weight is 382 g/mol. The van der Waals surface area contributed by atoms with Crippen LogP contribution in [0.2, 0.25) is 0 Å². The molecule has 0 amide bonds. The van der Waals surface area contributed by atoms with Crippen LogP contribution in [0.1, 0.15) is 49.6 Å². The van der Waals surface area contributed by atoms with Crippen molar-refractivity contribution in [2.75, 3.05) is 0 Å². The molecule has 0 bridgehead atoms. The van der Waals surface area contributed by atoms with Crippen LogP contribution in [0.25, 0.3) is 21.3 Å². The molecule has 140 valence electrons. The summed E-state index contributed by atoms with van der Waals surface area (Å²) in [7, 11) is 0. The Morgan fingerprint density at radius 2 is 2.00 bits per heavy atom. The number of aryl methyl sites for hydroxylation is 2. The maximum Gasteiger partial charge on any atom is 0.323 e. The van der Waals surface area contributed by atoms with Gasteiger partial charge in [0, 0.05) is 16.9 Å². The molecule has 3 aromatic rings. The van der Waals surface area contributed by atoms with Crippen LogP contribution in [0.3, 0.4) is 0 Å². The van der Waals surface area contributed by atoms with E-state index < -0.39 is 5.97 Å². The highest BCUT2D eigenvalue weighted by Crippen LogP contribution is 2.34. The molecule has 1 aliphatic rings. The van der Waals surface area contributed by atoms with Gasteiger partial charge in [-0.05, 0) is 42.4 Å². The van der Waals surface area contributed by atoms with Gasteiger partial charge >= 0.3 is 5.97 Å². The van der Waals surface area contributed by atoms with Gasteiger partial charge in [0.15, 0.2) is 0 Å². The summed E-state index contributed by atoms with van der Waals surface area (Å²) in [6.45, 7) is 3.47. The Morgan fingerprint density at radius 3 is 2.70 bits per heavy atom. The summed E-state index contributed by atoms with van der Waals surface area (Å²) in [5.74, 6) is -0.546. The molecule has 6 heteroatoms. The van der Waals surface area contributed by atoms with Gasteiger partial charge in [-0.2, -0.15) is 0 Å². The Labute approximate surface area is 161 Å². The smallest absolute Gasteiger partial charge is 0.323 e. The fourth-order valence-electron chi connectivity index (χ4n) is 3.88. The Balaban J connectivity index is 1.93. The first-order valence-electron chi connectivity index (χ1n) is 9.31. The minimum Gasteiger partial charge on any atom is -0.480 e. The number of fused-ring (bicyclic) bond motifs is 2. The number of benzene rings is 1. The van der Waals surface area contributed by atoms with E-state index in [9.17, 15) is 14.7 Å². The minimum atomic E-state index is -1.04. The van der Waals surface area contributed by atoms with E-state index in [2.05, 4.69) is 23.2 Å². The Morgan fingerprint density at radius 1 is 1.26 bits per heavy atom. The number of carboxylic acid groups (broad SMARTS) is 1. The topological polar surface area (TPSA) is 72.2 Å². The van der Waals surface area contributed by atoms with Gasteiger partial charge in [-0.3, -0.25) is 14.2 Å². The third-order valence-electron chi connectivity index (χ3n) is 5.19. The van der Waals surface area contributed by atoms with E-state index in [0.717, 1.165) is 24.0 Å². The molecule has 0 unspecified atom stereocenters. The maximum absolute atomic E-state index is 13.2. The normalized spacial score (nSPS) is 13.9. The lowest BCUT2D eigenvalue weighted by molar-refractivity contribution is -0.137. The molecule has 2 aromatic heterocycles. The summed E-state index contributed by atoms with van der Waals surface area (Å²) in [6.07, 6.45) is 4.62. The summed E-state index contributed by atoms with van der Waals surface area (Å²) >= 11 is 1.45. The monoisotopic (exact) mass is 382 g/mol. The summed E-state index contributed by atoms with van der Waals surface area (Å²) in [5.41, 5.74) is 4.36. The Kier molecular flexibility index (Phi) is 4.60. The number of aliphatic carboxylic acids is 1. The van der Waals surface area contributed by atoms with Gasteiger partial charge in [0.25, 0.3) is 5.56 Å². The summed E-state index contributed by atoms with van der Waals surface area (Å²) in [5, 5.41) is 11.8. The number of hydrogen-bond donors (Lipinski definition) is 1. The average Bonchev–Trinajstić information content (AvgIpc) is 3.07. The second-order valence-corrected chi connectivity index (χ2v) is 8.29. The van der Waals surface area contributed by atoms with Crippen LogP contribution in [0.5, 0.6) is 0 Å². The third-order valence-corrected chi connectivity index (χ3v) is 6.06. The highest BCUT2D eigenvalue weighted by atomic mass is 32.1. The predicted molar refractivity (Wildman–Crippen MR) is 108 cm³/mol. The number of nitrogens with zero attached hydrogens (tertiary/aromatic N) is 2. The zero-order valence-electron chi connectivity index (χ0n) is 15.5. The van der Waals surface area contributed by atoms with Crippen molar-refractivity contribution in [2.45, 2.75) is 52.0 Å². The third kappa shape index (κ3) is 3.18. The molecule has 1 aromatic carbocycles. The quantitative estimate of drug-likeness (QED) is 0.734. The van der Waals surface area contributed by atoms with E-state index >= 15 is 0 Å². The molecule has 0 atom stereocenters. The molecule has 1 aliphatic carbocycles. The summed E-state index contributed by atoms with van der Waals surface area (Å²) in [6, 6.07) is 6.43. The molecule has 2 heterocycles. The molecule has 27 heavy (non-hydrogen) atoms. The number of aromatic nitrogens is 2. The first kappa shape index (κ1) is 17.9. The highest BCUT2D eigenvalue weighted by molar-refractivity contribution is 7.17. The van der Waals surface area contributed by atoms with Crippen molar-refractivity contribution in [3.05, 3.63) is 50.9 Å². The lowest BCUT2D eigenvalue weighted by atomic mass is 9.89. The van der Waals surface area contributed by atoms with E-state index in [1.54, 1.807) is 0 Å². The first-order chi connectivity index (χ1) is 13.0. The molecule has 4 rings (SSSR count). The summed E-state index contributed by atoms with van der Waals surface area (Å²) in [4.78, 5) is 29.8. The van der Waals surface area contributed by atoms with Crippen LogP contribution in [-0.2, 0) is 24.2 Å². The van der Waals surface area contributed by atoms with Crippen molar-refractivity contribution < 1.29 is 9.90 Å². The van der Waals surface area contributed by atoms with Crippen LogP contribution in [-0.4, -0.2) is 20.6 Å². The zero-order chi connectivity index (χ0) is 19.1. The van der Waals surface area contributed by atoms with Crippen LogP contribution in [0.4, 0.5) is 0 Å². The molecule has 0 saturated carbocycles. The van der Waals surface area contributed by atoms with Gasteiger partial charge in [0.2, 0.25) is 0 Å². The second kappa shape index (κ2) is 6.93. The van der Waals surface area contributed by atoms with Crippen molar-refractivity contribution in [1.82, 2.24) is 9.55 Å². The van der Waals surface area contributed by atoms with E-state index in [1.807, 2.05) is 19.2 Å². The van der Waals surface area contributed by atoms with Crippen molar-refractivity contribution in [1.29, 1.82) is 0 Å². The van der Waals surface area contributed by atoms with Crippen LogP contribution < -0.4 is 5.56 Å². The minimum absolute atomic E-state index is 0.0317. The lowest BCUT2D eigenvalue weighted by Gasteiger charge is -2.17. The number of carboxylic acids is 1. The van der Waals surface area contributed by atoms with Gasteiger partial charge in [-0.25, -0.2) is 4.98 Å². The van der Waals surface area contributed by atoms with Crippen LogP contribution >= 0.6 is 11.3 Å². The maximum atomic E-state index is 13.2. The first-order valence-corrected chi connectivity index (χ1v) is 10.2. The standard InChI is InChI=1S/C21H22N2O3S/c1-12(2)19-22-20-18(21(26)23(19)10-17(24)25)16(11-27-20)15-8-7-13-5-3-4-6-14(13)9-15/h7-9,11-12H,3-6,10H2,1-2H3,(H,24,25). The van der Waals surface area contributed by atoms with Crippen molar-refractivity contribution in [3.63, 3.8) is 0 Å². The van der Waals surface area contributed by atoms with Gasteiger partial charge in [-0.1, -0.05) is 32.0 Å². The molecule has 0 radical (unpaired) electrons. The number of rotatable bonds is 4. The number of carbonyl (C=O) groups is 1. The number of hydrogen-bond acceptors (Lipinski definition) is 4. The Bertz CT molecular complexity index is 1090. The number of thiophene rings is 1. The van der Waals surface area contributed by atoms with Crippen molar-refractivity contribution in [2.24, 2.45) is 0 Å². The van der Waals surface area contributed by atoms with E-state index in [4.69, 9.17) is 0 Å². The molecule has 0 fully saturated rings. The van der Waals surface area contributed by atoms with Crippen LogP contribution in [0, 0.1) is 0 Å². The Hall–Kier alpha value is -2.47. The van der Waals surface area contributed by atoms with Gasteiger partial charge in [0.05, 0.1) is 5.39 Å². The summed E-state index contributed by atoms with van der Waals surface area (Å²) < 4.78 is 1.31. The lowest BCUT2D eigenvalue weighted by Crippen LogP contribution is -2.29. The highest BCUT2D eigenvalue weighted by Gasteiger charge is 2.20. The molecule has 5 nitrogen and oxygen atoms in total. The van der Waals surface area contributed by atoms with Gasteiger partial charge < -0.3 is 5.11 Å². The zero-order valence-corrected chi connectivity index (χ0v) is 16.3. The van der Waals surface area contributed by atoms with E-state index in [0.29, 0.717) is 16.0 Å².